The Morgan fingerprint density at radius 1 is 0.913 bits per heavy atom. The second-order valence-electron chi connectivity index (χ2n) is 7.09. The number of amides is 2. The third-order valence-corrected chi connectivity index (χ3v) is 2.03. The van der Waals surface area contributed by atoms with Gasteiger partial charge in [0.05, 0.1) is 6.04 Å². The number of carbonyl (C=O) groups is 3. The quantitative estimate of drug-likeness (QED) is 0.589. The van der Waals surface area contributed by atoms with Crippen molar-refractivity contribution in [3.63, 3.8) is 0 Å². The first-order valence-electron chi connectivity index (χ1n) is 7.40. The minimum atomic E-state index is -0.700. The maximum absolute atomic E-state index is 11.5. The van der Waals surface area contributed by atoms with Crippen LogP contribution in [0.4, 0.5) is 9.59 Å². The predicted octanol–water partition coefficient (Wildman–Crippen LogP) is 1.97. The molecule has 0 aliphatic heterocycles. The van der Waals surface area contributed by atoms with Crippen LogP contribution >= 0.6 is 0 Å². The number of rotatable bonds is 5. The molecule has 0 aromatic carbocycles. The molecule has 2 amide bonds. The number of alkyl carbamates (subject to hydrolysis) is 2. The summed E-state index contributed by atoms with van der Waals surface area (Å²) in [5.41, 5.74) is -1.24. The van der Waals surface area contributed by atoms with Crippen molar-refractivity contribution in [2.45, 2.75) is 65.7 Å². The van der Waals surface area contributed by atoms with Gasteiger partial charge in [-0.25, -0.2) is 9.59 Å². The minimum absolute atomic E-state index is 0.0337. The van der Waals surface area contributed by atoms with Crippen molar-refractivity contribution < 1.29 is 28.6 Å². The largest absolute Gasteiger partial charge is 0.462 e. The summed E-state index contributed by atoms with van der Waals surface area (Å²) in [6.45, 7) is 11.7. The molecular weight excluding hydrogens is 304 g/mol. The van der Waals surface area contributed by atoms with E-state index in [1.165, 1.54) is 0 Å². The fraction of sp³-hybridized carbons (Fsp3) is 0.800. The van der Waals surface area contributed by atoms with Crippen LogP contribution in [0.1, 0.15) is 48.5 Å². The van der Waals surface area contributed by atoms with E-state index < -0.39 is 35.4 Å². The Hall–Kier alpha value is -1.99. The number of carbonyl (C=O) groups excluding carboxylic acids is 3. The van der Waals surface area contributed by atoms with Gasteiger partial charge in [-0.15, -0.1) is 0 Å². The van der Waals surface area contributed by atoms with Crippen molar-refractivity contribution in [3.05, 3.63) is 0 Å². The molecule has 0 spiro atoms. The second kappa shape index (κ2) is 8.59. The Kier molecular flexibility index (Phi) is 7.85. The summed E-state index contributed by atoms with van der Waals surface area (Å²) in [5.74, 6) is -0.631. The van der Waals surface area contributed by atoms with Gasteiger partial charge in [0.1, 0.15) is 24.4 Å². The first-order chi connectivity index (χ1) is 10.3. The fourth-order valence-electron chi connectivity index (χ4n) is 1.28. The van der Waals surface area contributed by atoms with Crippen molar-refractivity contribution in [2.24, 2.45) is 0 Å². The average molecular weight is 332 g/mol. The monoisotopic (exact) mass is 332 g/mol. The summed E-state index contributed by atoms with van der Waals surface area (Å²) in [4.78, 5) is 34.4. The lowest BCUT2D eigenvalue weighted by atomic mass is 10.2. The van der Waals surface area contributed by atoms with Gasteiger partial charge in [-0.2, -0.15) is 0 Å². The topological polar surface area (TPSA) is 103 Å². The van der Waals surface area contributed by atoms with Gasteiger partial charge >= 0.3 is 18.2 Å². The van der Waals surface area contributed by atoms with Crippen LogP contribution in [0.25, 0.3) is 0 Å². The number of esters is 1. The Morgan fingerprint density at radius 2 is 1.39 bits per heavy atom. The van der Waals surface area contributed by atoms with Gasteiger partial charge in [0, 0.05) is 0 Å². The van der Waals surface area contributed by atoms with Crippen molar-refractivity contribution in [2.75, 3.05) is 13.2 Å². The normalized spacial score (nSPS) is 12.8. The highest BCUT2D eigenvalue weighted by Gasteiger charge is 2.19. The molecule has 0 heterocycles. The molecule has 0 saturated heterocycles. The van der Waals surface area contributed by atoms with Crippen molar-refractivity contribution in [1.29, 1.82) is 0 Å². The summed E-state index contributed by atoms with van der Waals surface area (Å²) in [7, 11) is 0. The maximum Gasteiger partial charge on any atom is 0.408 e. The van der Waals surface area contributed by atoms with Crippen LogP contribution in [0.2, 0.25) is 0 Å². The van der Waals surface area contributed by atoms with E-state index in [1.807, 2.05) is 0 Å². The molecule has 134 valence electrons. The lowest BCUT2D eigenvalue weighted by Crippen LogP contribution is -2.41. The summed E-state index contributed by atoms with van der Waals surface area (Å²) in [5, 5.41) is 4.82. The zero-order valence-corrected chi connectivity index (χ0v) is 14.9. The van der Waals surface area contributed by atoms with Crippen LogP contribution in [0.5, 0.6) is 0 Å². The molecule has 0 aromatic rings. The summed E-state index contributed by atoms with van der Waals surface area (Å²) >= 11 is 0. The SMILES string of the molecule is C[C@H](COC(=O)CNC(=O)OC(C)(C)C)NC(=O)OC(C)(C)C. The summed E-state index contributed by atoms with van der Waals surface area (Å²) < 4.78 is 15.0. The Balaban J connectivity index is 3.97. The highest BCUT2D eigenvalue weighted by atomic mass is 16.6. The molecule has 8 nitrogen and oxygen atoms in total. The minimum Gasteiger partial charge on any atom is -0.462 e. The molecule has 0 unspecified atom stereocenters. The summed E-state index contributed by atoms with van der Waals surface area (Å²) in [6.07, 6.45) is -1.29. The molecule has 2 N–H and O–H groups in total. The third-order valence-electron chi connectivity index (χ3n) is 2.03. The lowest BCUT2D eigenvalue weighted by molar-refractivity contribution is -0.143. The smallest absolute Gasteiger partial charge is 0.408 e. The molecule has 23 heavy (non-hydrogen) atoms. The van der Waals surface area contributed by atoms with Crippen molar-refractivity contribution in [3.8, 4) is 0 Å². The van der Waals surface area contributed by atoms with E-state index in [9.17, 15) is 14.4 Å². The second-order valence-corrected chi connectivity index (χ2v) is 7.09. The van der Waals surface area contributed by atoms with Gasteiger partial charge < -0.3 is 24.8 Å². The van der Waals surface area contributed by atoms with Gasteiger partial charge in [0.25, 0.3) is 0 Å². The van der Waals surface area contributed by atoms with Crippen LogP contribution < -0.4 is 10.6 Å². The van der Waals surface area contributed by atoms with Crippen LogP contribution in [-0.4, -0.2) is 48.6 Å². The number of nitrogens with one attached hydrogen (secondary N) is 2. The molecule has 0 radical (unpaired) electrons. The Morgan fingerprint density at radius 3 is 1.87 bits per heavy atom. The van der Waals surface area contributed by atoms with Gasteiger partial charge in [0.2, 0.25) is 0 Å². The van der Waals surface area contributed by atoms with Gasteiger partial charge in [-0.1, -0.05) is 0 Å². The van der Waals surface area contributed by atoms with E-state index in [0.29, 0.717) is 0 Å². The maximum atomic E-state index is 11.5. The van der Waals surface area contributed by atoms with Crippen molar-refractivity contribution in [1.82, 2.24) is 10.6 Å². The molecule has 0 fully saturated rings. The van der Waals surface area contributed by atoms with E-state index >= 15 is 0 Å². The van der Waals surface area contributed by atoms with Crippen molar-refractivity contribution >= 4 is 18.2 Å². The highest BCUT2D eigenvalue weighted by molar-refractivity contribution is 5.78. The van der Waals surface area contributed by atoms with E-state index in [0.717, 1.165) is 0 Å². The molecule has 0 saturated carbocycles. The Bertz CT molecular complexity index is 423. The first-order valence-corrected chi connectivity index (χ1v) is 7.40. The lowest BCUT2D eigenvalue weighted by Gasteiger charge is -2.22. The van der Waals surface area contributed by atoms with Gasteiger partial charge in [-0.3, -0.25) is 4.79 Å². The molecule has 0 aromatic heterocycles. The standard InChI is InChI=1S/C15H28N2O6/c1-10(17-13(20)23-15(5,6)7)9-21-11(18)8-16-12(19)22-14(2,3)4/h10H,8-9H2,1-7H3,(H,16,19)(H,17,20)/t10-/m1/s1. The molecule has 0 rings (SSSR count). The van der Waals surface area contributed by atoms with E-state index in [2.05, 4.69) is 10.6 Å². The summed E-state index contributed by atoms with van der Waals surface area (Å²) in [6, 6.07) is -0.421. The molecule has 0 aliphatic rings. The zero-order chi connectivity index (χ0) is 18.3. The predicted molar refractivity (Wildman–Crippen MR) is 84.0 cm³/mol. The number of ether oxygens (including phenoxy) is 3. The van der Waals surface area contributed by atoms with E-state index in [-0.39, 0.29) is 13.2 Å². The number of hydrogen-bond acceptors (Lipinski definition) is 6. The van der Waals surface area contributed by atoms with Crippen LogP contribution in [-0.2, 0) is 19.0 Å². The van der Waals surface area contributed by atoms with Crippen LogP contribution in [0.3, 0.4) is 0 Å². The van der Waals surface area contributed by atoms with Crippen LogP contribution in [0, 0.1) is 0 Å². The zero-order valence-electron chi connectivity index (χ0n) is 14.9. The first kappa shape index (κ1) is 21.0. The fourth-order valence-corrected chi connectivity index (χ4v) is 1.28. The molecule has 8 heteroatoms. The van der Waals surface area contributed by atoms with Crippen LogP contribution in [0.15, 0.2) is 0 Å². The molecule has 1 atom stereocenters. The highest BCUT2D eigenvalue weighted by Crippen LogP contribution is 2.07. The molecular formula is C15H28N2O6. The van der Waals surface area contributed by atoms with E-state index in [4.69, 9.17) is 14.2 Å². The number of hydrogen-bond donors (Lipinski definition) is 2. The average Bonchev–Trinajstić information content (AvgIpc) is 2.29. The molecule has 0 bridgehead atoms. The third kappa shape index (κ3) is 13.4. The molecule has 0 aliphatic carbocycles. The van der Waals surface area contributed by atoms with Gasteiger partial charge in [0.15, 0.2) is 0 Å². The Labute approximate surface area is 137 Å². The van der Waals surface area contributed by atoms with E-state index in [1.54, 1.807) is 48.5 Å². The van der Waals surface area contributed by atoms with Gasteiger partial charge in [-0.05, 0) is 48.5 Å².